The Bertz CT molecular complexity index is 482. The summed E-state index contributed by atoms with van der Waals surface area (Å²) in [6.45, 7) is 4.29. The Morgan fingerprint density at radius 1 is 0.947 bits per heavy atom. The molecule has 1 aromatic heterocycles. The first-order valence-corrected chi connectivity index (χ1v) is 7.46. The van der Waals surface area contributed by atoms with Gasteiger partial charge in [0, 0.05) is 12.0 Å². The molecule has 0 atom stereocenters. The molecule has 0 aliphatic rings. The third kappa shape index (κ3) is 3.99. The molecule has 0 aliphatic heterocycles. The molecular formula is C18H24O. The summed E-state index contributed by atoms with van der Waals surface area (Å²) in [5.41, 5.74) is 2.54. The van der Waals surface area contributed by atoms with Gasteiger partial charge in [-0.3, -0.25) is 0 Å². The van der Waals surface area contributed by atoms with Crippen molar-refractivity contribution in [3.8, 4) is 11.1 Å². The fourth-order valence-electron chi connectivity index (χ4n) is 2.50. The first-order valence-electron chi connectivity index (χ1n) is 7.46. The summed E-state index contributed by atoms with van der Waals surface area (Å²) in [6.07, 6.45) is 7.59. The normalized spacial score (nSPS) is 10.8. The van der Waals surface area contributed by atoms with Crippen LogP contribution in [-0.2, 0) is 6.42 Å². The van der Waals surface area contributed by atoms with Crippen LogP contribution in [-0.4, -0.2) is 0 Å². The van der Waals surface area contributed by atoms with Gasteiger partial charge in [0.25, 0.3) is 0 Å². The van der Waals surface area contributed by atoms with Gasteiger partial charge in [-0.05, 0) is 25.0 Å². The van der Waals surface area contributed by atoms with E-state index in [0.29, 0.717) is 0 Å². The fourth-order valence-corrected chi connectivity index (χ4v) is 2.50. The van der Waals surface area contributed by atoms with E-state index < -0.39 is 0 Å². The van der Waals surface area contributed by atoms with Gasteiger partial charge in [-0.25, -0.2) is 0 Å². The molecule has 0 saturated carbocycles. The van der Waals surface area contributed by atoms with Crippen molar-refractivity contribution in [2.24, 2.45) is 0 Å². The molecule has 0 fully saturated rings. The number of furan rings is 1. The minimum atomic E-state index is 1.02. The van der Waals surface area contributed by atoms with Gasteiger partial charge in [0.05, 0.1) is 0 Å². The standard InChI is InChI=1S/C18H24O/c1-3-4-5-6-10-13-18-17(14-15(2)19-18)16-11-8-7-9-12-16/h7-9,11-12,14H,3-6,10,13H2,1-2H3. The number of hydrogen-bond donors (Lipinski definition) is 0. The first kappa shape index (κ1) is 13.9. The van der Waals surface area contributed by atoms with Crippen molar-refractivity contribution >= 4 is 0 Å². The minimum absolute atomic E-state index is 1.02. The van der Waals surface area contributed by atoms with Crippen LogP contribution in [0, 0.1) is 6.92 Å². The number of unbranched alkanes of at least 4 members (excludes halogenated alkanes) is 4. The van der Waals surface area contributed by atoms with E-state index in [1.165, 1.54) is 43.2 Å². The SMILES string of the molecule is CCCCCCCc1oc(C)cc1-c1ccccc1. The Morgan fingerprint density at radius 2 is 1.68 bits per heavy atom. The molecule has 1 heteroatoms. The van der Waals surface area contributed by atoms with Gasteiger partial charge in [-0.2, -0.15) is 0 Å². The van der Waals surface area contributed by atoms with E-state index >= 15 is 0 Å². The third-order valence-corrected chi connectivity index (χ3v) is 3.52. The van der Waals surface area contributed by atoms with E-state index in [1.807, 2.05) is 6.92 Å². The van der Waals surface area contributed by atoms with Gasteiger partial charge < -0.3 is 4.42 Å². The first-order chi connectivity index (χ1) is 9.31. The number of hydrogen-bond acceptors (Lipinski definition) is 1. The molecule has 0 radical (unpaired) electrons. The summed E-state index contributed by atoms with van der Waals surface area (Å²) in [6, 6.07) is 12.7. The van der Waals surface area contributed by atoms with Crippen molar-refractivity contribution in [3.05, 3.63) is 47.9 Å². The molecule has 2 rings (SSSR count). The topological polar surface area (TPSA) is 13.1 Å². The molecule has 0 spiro atoms. The molecule has 0 bridgehead atoms. The van der Waals surface area contributed by atoms with Crippen LogP contribution in [0.5, 0.6) is 0 Å². The summed E-state index contributed by atoms with van der Waals surface area (Å²) in [7, 11) is 0. The molecule has 1 heterocycles. The van der Waals surface area contributed by atoms with E-state index in [-0.39, 0.29) is 0 Å². The molecule has 1 aromatic carbocycles. The lowest BCUT2D eigenvalue weighted by Crippen LogP contribution is -1.87. The molecule has 1 nitrogen and oxygen atoms in total. The molecule has 0 saturated heterocycles. The van der Waals surface area contributed by atoms with Crippen molar-refractivity contribution in [3.63, 3.8) is 0 Å². The molecule has 102 valence electrons. The lowest BCUT2D eigenvalue weighted by molar-refractivity contribution is 0.472. The maximum absolute atomic E-state index is 5.88. The fraction of sp³-hybridized carbons (Fsp3) is 0.444. The number of rotatable bonds is 7. The molecule has 19 heavy (non-hydrogen) atoms. The van der Waals surface area contributed by atoms with E-state index in [2.05, 4.69) is 43.3 Å². The zero-order chi connectivity index (χ0) is 13.5. The van der Waals surface area contributed by atoms with Crippen LogP contribution < -0.4 is 0 Å². The van der Waals surface area contributed by atoms with E-state index in [4.69, 9.17) is 4.42 Å². The minimum Gasteiger partial charge on any atom is -0.466 e. The van der Waals surface area contributed by atoms with Gasteiger partial charge in [0.15, 0.2) is 0 Å². The van der Waals surface area contributed by atoms with Gasteiger partial charge in [0.2, 0.25) is 0 Å². The second kappa shape index (κ2) is 7.18. The second-order valence-corrected chi connectivity index (χ2v) is 5.22. The highest BCUT2D eigenvalue weighted by Crippen LogP contribution is 2.28. The monoisotopic (exact) mass is 256 g/mol. The van der Waals surface area contributed by atoms with E-state index in [9.17, 15) is 0 Å². The molecule has 0 unspecified atom stereocenters. The summed E-state index contributed by atoms with van der Waals surface area (Å²) in [5.74, 6) is 2.17. The molecule has 0 aliphatic carbocycles. The lowest BCUT2D eigenvalue weighted by atomic mass is 10.0. The predicted molar refractivity (Wildman–Crippen MR) is 81.3 cm³/mol. The molecule has 0 amide bonds. The summed E-state index contributed by atoms with van der Waals surface area (Å²) >= 11 is 0. The van der Waals surface area contributed by atoms with E-state index in [0.717, 1.165) is 17.9 Å². The summed E-state index contributed by atoms with van der Waals surface area (Å²) in [5, 5.41) is 0. The van der Waals surface area contributed by atoms with E-state index in [1.54, 1.807) is 0 Å². The van der Waals surface area contributed by atoms with Crippen LogP contribution in [0.2, 0.25) is 0 Å². The average Bonchev–Trinajstić information content (AvgIpc) is 2.81. The van der Waals surface area contributed by atoms with Crippen LogP contribution in [0.25, 0.3) is 11.1 Å². The molecular weight excluding hydrogens is 232 g/mol. The van der Waals surface area contributed by atoms with Crippen molar-refractivity contribution in [2.45, 2.75) is 52.4 Å². The predicted octanol–water partition coefficient (Wildman–Crippen LogP) is 5.77. The van der Waals surface area contributed by atoms with Crippen molar-refractivity contribution in [1.82, 2.24) is 0 Å². The van der Waals surface area contributed by atoms with Gasteiger partial charge >= 0.3 is 0 Å². The second-order valence-electron chi connectivity index (χ2n) is 5.22. The van der Waals surface area contributed by atoms with Crippen LogP contribution >= 0.6 is 0 Å². The van der Waals surface area contributed by atoms with Crippen molar-refractivity contribution in [1.29, 1.82) is 0 Å². The molecule has 0 N–H and O–H groups in total. The smallest absolute Gasteiger partial charge is 0.111 e. The molecule has 2 aromatic rings. The van der Waals surface area contributed by atoms with Gasteiger partial charge in [-0.1, -0.05) is 62.9 Å². The summed E-state index contributed by atoms with van der Waals surface area (Å²) < 4.78 is 5.88. The van der Waals surface area contributed by atoms with Crippen molar-refractivity contribution < 1.29 is 4.42 Å². The Balaban J connectivity index is 2.01. The maximum atomic E-state index is 5.88. The number of aryl methyl sites for hydroxylation is 2. The zero-order valence-corrected chi connectivity index (χ0v) is 12.1. The van der Waals surface area contributed by atoms with Crippen LogP contribution in [0.15, 0.2) is 40.8 Å². The zero-order valence-electron chi connectivity index (χ0n) is 12.1. The highest BCUT2D eigenvalue weighted by molar-refractivity contribution is 5.66. The third-order valence-electron chi connectivity index (χ3n) is 3.52. The number of benzene rings is 1. The Labute approximate surface area is 116 Å². The average molecular weight is 256 g/mol. The van der Waals surface area contributed by atoms with Crippen LogP contribution in [0.1, 0.15) is 50.5 Å². The quantitative estimate of drug-likeness (QED) is 0.573. The maximum Gasteiger partial charge on any atom is 0.111 e. The highest BCUT2D eigenvalue weighted by Gasteiger charge is 2.10. The Kier molecular flexibility index (Phi) is 5.26. The van der Waals surface area contributed by atoms with Crippen molar-refractivity contribution in [2.75, 3.05) is 0 Å². The highest BCUT2D eigenvalue weighted by atomic mass is 16.3. The lowest BCUT2D eigenvalue weighted by Gasteiger charge is -2.03. The van der Waals surface area contributed by atoms with Gasteiger partial charge in [0.1, 0.15) is 11.5 Å². The van der Waals surface area contributed by atoms with Crippen LogP contribution in [0.4, 0.5) is 0 Å². The largest absolute Gasteiger partial charge is 0.466 e. The Hall–Kier alpha value is -1.50. The Morgan fingerprint density at radius 3 is 2.42 bits per heavy atom. The van der Waals surface area contributed by atoms with Crippen LogP contribution in [0.3, 0.4) is 0 Å². The van der Waals surface area contributed by atoms with Gasteiger partial charge in [-0.15, -0.1) is 0 Å². The summed E-state index contributed by atoms with van der Waals surface area (Å²) in [4.78, 5) is 0.